The van der Waals surface area contributed by atoms with Crippen molar-refractivity contribution in [1.29, 1.82) is 0 Å². The van der Waals surface area contributed by atoms with E-state index in [0.29, 0.717) is 55.4 Å². The molecule has 7 nitrogen and oxygen atoms in total. The van der Waals surface area contributed by atoms with Crippen LogP contribution in [0.5, 0.6) is 17.2 Å². The summed E-state index contributed by atoms with van der Waals surface area (Å²) in [4.78, 5) is 29.0. The fraction of sp³-hybridized carbons (Fsp3) is 0.364. The minimum atomic E-state index is -0.1000. The van der Waals surface area contributed by atoms with E-state index in [-0.39, 0.29) is 18.4 Å². The van der Waals surface area contributed by atoms with Crippen LogP contribution in [0.3, 0.4) is 0 Å². The van der Waals surface area contributed by atoms with Gasteiger partial charge in [-0.05, 0) is 30.7 Å². The summed E-state index contributed by atoms with van der Waals surface area (Å²) in [5.41, 5.74) is 0.508. The molecule has 0 aromatic heterocycles. The molecule has 0 unspecified atom stereocenters. The molecule has 0 atom stereocenters. The highest BCUT2D eigenvalue weighted by Crippen LogP contribution is 2.24. The minimum Gasteiger partial charge on any atom is -0.497 e. The summed E-state index contributed by atoms with van der Waals surface area (Å²) in [7, 11) is 3.10. The van der Waals surface area contributed by atoms with E-state index in [1.54, 1.807) is 42.2 Å². The Bertz CT molecular complexity index is 818. The molecule has 1 saturated heterocycles. The first-order valence-electron chi connectivity index (χ1n) is 9.58. The topological polar surface area (TPSA) is 68.3 Å². The number of hydrogen-bond acceptors (Lipinski definition) is 5. The van der Waals surface area contributed by atoms with E-state index in [4.69, 9.17) is 14.2 Å². The highest BCUT2D eigenvalue weighted by atomic mass is 16.5. The van der Waals surface area contributed by atoms with Gasteiger partial charge in [-0.3, -0.25) is 9.59 Å². The summed E-state index contributed by atoms with van der Waals surface area (Å²) >= 11 is 0. The van der Waals surface area contributed by atoms with Gasteiger partial charge in [0.2, 0.25) is 0 Å². The summed E-state index contributed by atoms with van der Waals surface area (Å²) in [6, 6.07) is 14.4. The molecule has 2 amide bonds. The molecule has 0 aliphatic carbocycles. The third-order valence-electron chi connectivity index (χ3n) is 4.84. The Labute approximate surface area is 170 Å². The third kappa shape index (κ3) is 5.40. The second-order valence-electron chi connectivity index (χ2n) is 6.73. The van der Waals surface area contributed by atoms with Crippen molar-refractivity contribution in [3.63, 3.8) is 0 Å². The second kappa shape index (κ2) is 9.82. The van der Waals surface area contributed by atoms with E-state index >= 15 is 0 Å². The first-order valence-corrected chi connectivity index (χ1v) is 9.58. The summed E-state index contributed by atoms with van der Waals surface area (Å²) in [5.74, 6) is 1.62. The first-order chi connectivity index (χ1) is 14.1. The van der Waals surface area contributed by atoms with Gasteiger partial charge in [0.15, 0.2) is 6.61 Å². The predicted octanol–water partition coefficient (Wildman–Crippen LogP) is 2.46. The standard InChI is InChI=1S/C22H26N2O5/c1-27-19-13-17(14-20(15-19)28-2)22(26)24-10-6-9-23(11-12-24)21(25)16-29-18-7-4-3-5-8-18/h3-5,7-8,13-15H,6,9-12,16H2,1-2H3. The number of rotatable bonds is 6. The van der Waals surface area contributed by atoms with Crippen LogP contribution in [0.25, 0.3) is 0 Å². The van der Waals surface area contributed by atoms with Crippen LogP contribution < -0.4 is 14.2 Å². The lowest BCUT2D eigenvalue weighted by Gasteiger charge is -2.22. The van der Waals surface area contributed by atoms with Crippen molar-refractivity contribution in [3.8, 4) is 17.2 Å². The Morgan fingerprint density at radius 3 is 2.10 bits per heavy atom. The van der Waals surface area contributed by atoms with Crippen LogP contribution >= 0.6 is 0 Å². The van der Waals surface area contributed by atoms with E-state index in [2.05, 4.69) is 0 Å². The minimum absolute atomic E-state index is 0.00889. The van der Waals surface area contributed by atoms with E-state index < -0.39 is 0 Å². The molecule has 2 aromatic carbocycles. The van der Waals surface area contributed by atoms with Gasteiger partial charge in [0.25, 0.3) is 11.8 Å². The second-order valence-corrected chi connectivity index (χ2v) is 6.73. The monoisotopic (exact) mass is 398 g/mol. The van der Waals surface area contributed by atoms with E-state index in [1.165, 1.54) is 0 Å². The molecule has 29 heavy (non-hydrogen) atoms. The Morgan fingerprint density at radius 2 is 1.45 bits per heavy atom. The van der Waals surface area contributed by atoms with Crippen LogP contribution in [0.2, 0.25) is 0 Å². The molecular weight excluding hydrogens is 372 g/mol. The van der Waals surface area contributed by atoms with Crippen LogP contribution in [0, 0.1) is 0 Å². The first kappa shape index (κ1) is 20.5. The van der Waals surface area contributed by atoms with Crippen molar-refractivity contribution in [2.45, 2.75) is 6.42 Å². The number of nitrogens with zero attached hydrogens (tertiary/aromatic N) is 2. The van der Waals surface area contributed by atoms with E-state index in [0.717, 1.165) is 0 Å². The molecule has 7 heteroatoms. The number of amides is 2. The van der Waals surface area contributed by atoms with Crippen molar-refractivity contribution in [2.75, 3.05) is 47.0 Å². The van der Waals surface area contributed by atoms with Crippen LogP contribution in [0.15, 0.2) is 48.5 Å². The van der Waals surface area contributed by atoms with Crippen molar-refractivity contribution < 1.29 is 23.8 Å². The van der Waals surface area contributed by atoms with Crippen molar-refractivity contribution >= 4 is 11.8 Å². The van der Waals surface area contributed by atoms with Gasteiger partial charge in [0, 0.05) is 37.8 Å². The average Bonchev–Trinajstić information content (AvgIpc) is 3.03. The van der Waals surface area contributed by atoms with Crippen LogP contribution in [-0.4, -0.2) is 68.6 Å². The smallest absolute Gasteiger partial charge is 0.260 e. The van der Waals surface area contributed by atoms with Gasteiger partial charge >= 0.3 is 0 Å². The number of benzene rings is 2. The molecule has 1 aliphatic rings. The molecule has 2 aromatic rings. The predicted molar refractivity (Wildman–Crippen MR) is 109 cm³/mol. The lowest BCUT2D eigenvalue weighted by Crippen LogP contribution is -2.39. The third-order valence-corrected chi connectivity index (χ3v) is 4.84. The maximum Gasteiger partial charge on any atom is 0.260 e. The number of ether oxygens (including phenoxy) is 3. The Morgan fingerprint density at radius 1 is 0.828 bits per heavy atom. The van der Waals surface area contributed by atoms with Gasteiger partial charge in [-0.1, -0.05) is 18.2 Å². The van der Waals surface area contributed by atoms with Crippen LogP contribution in [0.4, 0.5) is 0 Å². The summed E-state index contributed by atoms with van der Waals surface area (Å²) in [6.45, 7) is 2.12. The van der Waals surface area contributed by atoms with E-state index in [9.17, 15) is 9.59 Å². The SMILES string of the molecule is COc1cc(OC)cc(C(=O)N2CCCN(C(=O)COc3ccccc3)CC2)c1. The van der Waals surface area contributed by atoms with Crippen LogP contribution in [0.1, 0.15) is 16.8 Å². The Kier molecular flexibility index (Phi) is 6.94. The van der Waals surface area contributed by atoms with Gasteiger partial charge in [0.1, 0.15) is 17.2 Å². The molecule has 0 N–H and O–H groups in total. The zero-order chi connectivity index (χ0) is 20.6. The fourth-order valence-electron chi connectivity index (χ4n) is 3.24. The summed E-state index contributed by atoms with van der Waals surface area (Å²) in [6.07, 6.45) is 0.712. The molecular formula is C22H26N2O5. The van der Waals surface area contributed by atoms with Gasteiger partial charge in [-0.15, -0.1) is 0 Å². The van der Waals surface area contributed by atoms with Gasteiger partial charge < -0.3 is 24.0 Å². The Balaban J connectivity index is 1.59. The zero-order valence-corrected chi connectivity index (χ0v) is 16.8. The van der Waals surface area contributed by atoms with Gasteiger partial charge in [-0.25, -0.2) is 0 Å². The van der Waals surface area contributed by atoms with Crippen molar-refractivity contribution in [3.05, 3.63) is 54.1 Å². The summed E-state index contributed by atoms with van der Waals surface area (Å²) < 4.78 is 16.1. The zero-order valence-electron chi connectivity index (χ0n) is 16.8. The fourth-order valence-corrected chi connectivity index (χ4v) is 3.24. The molecule has 0 bridgehead atoms. The molecule has 1 aliphatic heterocycles. The van der Waals surface area contributed by atoms with E-state index in [1.807, 2.05) is 30.3 Å². The highest BCUT2D eigenvalue weighted by molar-refractivity contribution is 5.95. The summed E-state index contributed by atoms with van der Waals surface area (Å²) in [5, 5.41) is 0. The quantitative estimate of drug-likeness (QED) is 0.748. The van der Waals surface area contributed by atoms with Crippen molar-refractivity contribution in [2.24, 2.45) is 0 Å². The molecule has 0 saturated carbocycles. The largest absolute Gasteiger partial charge is 0.497 e. The number of carbonyl (C=O) groups is 2. The van der Waals surface area contributed by atoms with Gasteiger partial charge in [-0.2, -0.15) is 0 Å². The Hall–Kier alpha value is -3.22. The lowest BCUT2D eigenvalue weighted by molar-refractivity contribution is -0.133. The number of hydrogen-bond donors (Lipinski definition) is 0. The maximum absolute atomic E-state index is 13.0. The molecule has 1 heterocycles. The van der Waals surface area contributed by atoms with Gasteiger partial charge in [0.05, 0.1) is 14.2 Å². The number of para-hydroxylation sites is 1. The lowest BCUT2D eigenvalue weighted by atomic mass is 10.1. The normalized spacial score (nSPS) is 14.1. The number of methoxy groups -OCH3 is 2. The molecule has 1 fully saturated rings. The molecule has 0 radical (unpaired) electrons. The molecule has 154 valence electrons. The number of carbonyl (C=O) groups excluding carboxylic acids is 2. The molecule has 3 rings (SSSR count). The molecule has 0 spiro atoms. The van der Waals surface area contributed by atoms with Crippen LogP contribution in [-0.2, 0) is 4.79 Å². The highest BCUT2D eigenvalue weighted by Gasteiger charge is 2.23. The maximum atomic E-state index is 13.0. The van der Waals surface area contributed by atoms with Crippen molar-refractivity contribution in [1.82, 2.24) is 9.80 Å². The average molecular weight is 398 g/mol.